The Morgan fingerprint density at radius 3 is 2.64 bits per heavy atom. The average molecular weight is 197 g/mol. The first-order valence-corrected chi connectivity index (χ1v) is 4.97. The summed E-state index contributed by atoms with van der Waals surface area (Å²) in [4.78, 5) is 5.79. The highest BCUT2D eigenvalue weighted by molar-refractivity contribution is 5.91. The third-order valence-electron chi connectivity index (χ3n) is 2.90. The third kappa shape index (κ3) is 2.37. The fourth-order valence-corrected chi connectivity index (χ4v) is 1.85. The standard InChI is InChI=1S/C9H19N5/c1-6-4-3-5-14(7(6)2)9(12)13-8(10)11/h6-7H,3-5H2,1-2H3,(H5,10,11,12,13). The van der Waals surface area contributed by atoms with Crippen LogP contribution in [-0.4, -0.2) is 29.4 Å². The van der Waals surface area contributed by atoms with Crippen LogP contribution in [-0.2, 0) is 0 Å². The first kappa shape index (κ1) is 10.8. The lowest BCUT2D eigenvalue weighted by molar-refractivity contribution is 0.190. The molecule has 2 atom stereocenters. The summed E-state index contributed by atoms with van der Waals surface area (Å²) in [5.41, 5.74) is 10.9. The van der Waals surface area contributed by atoms with E-state index in [1.165, 1.54) is 6.42 Å². The lowest BCUT2D eigenvalue weighted by Gasteiger charge is -2.38. The lowest BCUT2D eigenvalue weighted by atomic mass is 9.92. The minimum Gasteiger partial charge on any atom is -0.369 e. The van der Waals surface area contributed by atoms with Crippen LogP contribution in [0, 0.1) is 11.3 Å². The Balaban J connectivity index is 2.71. The summed E-state index contributed by atoms with van der Waals surface area (Å²) in [6, 6.07) is 0.381. The second-order valence-electron chi connectivity index (χ2n) is 3.91. The van der Waals surface area contributed by atoms with Crippen molar-refractivity contribution in [3.63, 3.8) is 0 Å². The first-order chi connectivity index (χ1) is 6.52. The molecule has 0 aromatic heterocycles. The molecule has 5 nitrogen and oxygen atoms in total. The van der Waals surface area contributed by atoms with Gasteiger partial charge in [-0.15, -0.1) is 0 Å². The number of likely N-dealkylation sites (tertiary alicyclic amines) is 1. The molecule has 0 radical (unpaired) electrons. The van der Waals surface area contributed by atoms with Crippen LogP contribution in [0.25, 0.3) is 0 Å². The zero-order chi connectivity index (χ0) is 10.7. The number of hydrogen-bond donors (Lipinski definition) is 3. The number of nitrogens with zero attached hydrogens (tertiary/aromatic N) is 2. The molecular formula is C9H19N5. The van der Waals surface area contributed by atoms with Crippen LogP contribution in [0.4, 0.5) is 0 Å². The quantitative estimate of drug-likeness (QED) is 0.385. The predicted octanol–water partition coefficient (Wildman–Crippen LogP) is 0.315. The van der Waals surface area contributed by atoms with Gasteiger partial charge in [0.05, 0.1) is 0 Å². The van der Waals surface area contributed by atoms with Crippen molar-refractivity contribution in [2.24, 2.45) is 22.4 Å². The molecule has 1 heterocycles. The van der Waals surface area contributed by atoms with E-state index in [0.29, 0.717) is 17.9 Å². The maximum atomic E-state index is 7.04. The van der Waals surface area contributed by atoms with Gasteiger partial charge in [-0.25, -0.2) is 0 Å². The number of nitrogens with one attached hydrogen (secondary N) is 1. The minimum absolute atomic E-state index is 0.229. The molecule has 1 fully saturated rings. The van der Waals surface area contributed by atoms with Crippen LogP contribution < -0.4 is 11.5 Å². The van der Waals surface area contributed by atoms with E-state index in [0.717, 1.165) is 13.0 Å². The highest BCUT2D eigenvalue weighted by Crippen LogP contribution is 2.22. The highest BCUT2D eigenvalue weighted by atomic mass is 15.3. The molecule has 0 aliphatic carbocycles. The predicted molar refractivity (Wildman–Crippen MR) is 58.1 cm³/mol. The molecule has 2 unspecified atom stereocenters. The molecule has 5 N–H and O–H groups in total. The second kappa shape index (κ2) is 4.30. The van der Waals surface area contributed by atoms with E-state index in [1.54, 1.807) is 0 Å². The van der Waals surface area contributed by atoms with Crippen molar-refractivity contribution in [3.05, 3.63) is 0 Å². The summed E-state index contributed by atoms with van der Waals surface area (Å²) < 4.78 is 0. The molecule has 1 aliphatic heterocycles. The number of nitrogens with two attached hydrogens (primary N) is 2. The zero-order valence-corrected chi connectivity index (χ0v) is 8.83. The molecule has 1 rings (SSSR count). The van der Waals surface area contributed by atoms with Crippen LogP contribution in [0.2, 0.25) is 0 Å². The Kier molecular flexibility index (Phi) is 3.33. The molecule has 1 saturated heterocycles. The molecule has 14 heavy (non-hydrogen) atoms. The third-order valence-corrected chi connectivity index (χ3v) is 2.90. The fourth-order valence-electron chi connectivity index (χ4n) is 1.85. The lowest BCUT2D eigenvalue weighted by Crippen LogP contribution is -2.49. The van der Waals surface area contributed by atoms with Crippen LogP contribution in [0.3, 0.4) is 0 Å². The highest BCUT2D eigenvalue weighted by Gasteiger charge is 2.25. The maximum absolute atomic E-state index is 7.04. The van der Waals surface area contributed by atoms with Crippen molar-refractivity contribution in [2.45, 2.75) is 32.7 Å². The molecule has 0 aromatic carbocycles. The molecule has 1 aliphatic rings. The van der Waals surface area contributed by atoms with E-state index in [2.05, 4.69) is 18.8 Å². The zero-order valence-electron chi connectivity index (χ0n) is 8.83. The van der Waals surface area contributed by atoms with Crippen molar-refractivity contribution in [2.75, 3.05) is 6.54 Å². The second-order valence-corrected chi connectivity index (χ2v) is 3.91. The van der Waals surface area contributed by atoms with Gasteiger partial charge in [0, 0.05) is 12.6 Å². The normalized spacial score (nSPS) is 29.0. The maximum Gasteiger partial charge on any atom is 0.215 e. The molecule has 0 spiro atoms. The SMILES string of the molecule is CC1CCCN(/C(N)=N/C(=N)N)C1C. The minimum atomic E-state index is -0.229. The van der Waals surface area contributed by atoms with Crippen LogP contribution in [0.15, 0.2) is 4.99 Å². The summed E-state index contributed by atoms with van der Waals surface area (Å²) >= 11 is 0. The van der Waals surface area contributed by atoms with Gasteiger partial charge in [0.1, 0.15) is 0 Å². The summed E-state index contributed by atoms with van der Waals surface area (Å²) in [5.74, 6) is 0.758. The fraction of sp³-hybridized carbons (Fsp3) is 0.778. The topological polar surface area (TPSA) is 91.5 Å². The molecular weight excluding hydrogens is 178 g/mol. The summed E-state index contributed by atoms with van der Waals surface area (Å²) in [5, 5.41) is 7.04. The van der Waals surface area contributed by atoms with Crippen molar-refractivity contribution >= 4 is 11.9 Å². The van der Waals surface area contributed by atoms with Gasteiger partial charge in [-0.3, -0.25) is 5.41 Å². The van der Waals surface area contributed by atoms with Gasteiger partial charge in [0.25, 0.3) is 0 Å². The first-order valence-electron chi connectivity index (χ1n) is 4.97. The van der Waals surface area contributed by atoms with Gasteiger partial charge < -0.3 is 16.4 Å². The van der Waals surface area contributed by atoms with Crippen molar-refractivity contribution in [1.29, 1.82) is 5.41 Å². The Morgan fingerprint density at radius 2 is 2.07 bits per heavy atom. The smallest absolute Gasteiger partial charge is 0.215 e. The molecule has 0 saturated carbocycles. The summed E-state index contributed by atoms with van der Waals surface area (Å²) in [6.07, 6.45) is 2.35. The van der Waals surface area contributed by atoms with Gasteiger partial charge in [-0.2, -0.15) is 4.99 Å². The number of aliphatic imine (C=N–C) groups is 1. The summed E-state index contributed by atoms with van der Waals surface area (Å²) in [7, 11) is 0. The van der Waals surface area contributed by atoms with Crippen LogP contribution in [0.1, 0.15) is 26.7 Å². The molecule has 0 aromatic rings. The van der Waals surface area contributed by atoms with Gasteiger partial charge in [0.15, 0.2) is 5.96 Å². The molecule has 80 valence electrons. The Hall–Kier alpha value is -1.26. The Bertz CT molecular complexity index is 248. The number of piperidine rings is 1. The van der Waals surface area contributed by atoms with Gasteiger partial charge >= 0.3 is 0 Å². The van der Waals surface area contributed by atoms with E-state index in [-0.39, 0.29) is 5.96 Å². The molecule has 0 amide bonds. The number of guanidine groups is 2. The van der Waals surface area contributed by atoms with Crippen molar-refractivity contribution in [1.82, 2.24) is 4.90 Å². The number of rotatable bonds is 0. The van der Waals surface area contributed by atoms with E-state index in [1.807, 2.05) is 4.90 Å². The van der Waals surface area contributed by atoms with Crippen LogP contribution >= 0.6 is 0 Å². The monoisotopic (exact) mass is 197 g/mol. The van der Waals surface area contributed by atoms with Crippen molar-refractivity contribution in [3.8, 4) is 0 Å². The largest absolute Gasteiger partial charge is 0.369 e. The Morgan fingerprint density at radius 1 is 1.43 bits per heavy atom. The Labute approximate surface area is 84.7 Å². The summed E-state index contributed by atoms with van der Waals surface area (Å²) in [6.45, 7) is 5.25. The molecule has 5 heteroatoms. The van der Waals surface area contributed by atoms with E-state index < -0.39 is 0 Å². The average Bonchev–Trinajstić information content (AvgIpc) is 2.08. The number of hydrogen-bond acceptors (Lipinski definition) is 1. The van der Waals surface area contributed by atoms with Gasteiger partial charge in [-0.1, -0.05) is 6.92 Å². The van der Waals surface area contributed by atoms with E-state index in [9.17, 15) is 0 Å². The molecule has 0 bridgehead atoms. The van der Waals surface area contributed by atoms with Gasteiger partial charge in [0.2, 0.25) is 5.96 Å². The van der Waals surface area contributed by atoms with E-state index in [4.69, 9.17) is 16.9 Å². The van der Waals surface area contributed by atoms with Crippen molar-refractivity contribution < 1.29 is 0 Å². The van der Waals surface area contributed by atoms with Gasteiger partial charge in [-0.05, 0) is 25.7 Å². The van der Waals surface area contributed by atoms with Crippen LogP contribution in [0.5, 0.6) is 0 Å². The van der Waals surface area contributed by atoms with E-state index >= 15 is 0 Å².